The van der Waals surface area contributed by atoms with Crippen LogP contribution in [0.3, 0.4) is 0 Å². The zero-order valence-electron chi connectivity index (χ0n) is 32.7. The fraction of sp³-hybridized carbons (Fsp3) is 0.239. The van der Waals surface area contributed by atoms with Gasteiger partial charge in [-0.3, -0.25) is 23.4 Å². The molecule has 2 aliphatic heterocycles. The molecule has 59 heavy (non-hydrogen) atoms. The molecule has 0 aliphatic carbocycles. The van der Waals surface area contributed by atoms with Crippen molar-refractivity contribution in [1.29, 1.82) is 0 Å². The highest BCUT2D eigenvalue weighted by Crippen LogP contribution is 2.37. The fourth-order valence-corrected chi connectivity index (χ4v) is 8.91. The summed E-state index contributed by atoms with van der Waals surface area (Å²) in [5.41, 5.74) is 13.8. The number of hydrogen-bond donors (Lipinski definition) is 4. The number of thiophene rings is 1. The molecule has 8 heterocycles. The minimum Gasteiger partial charge on any atom is -0.365 e. The Labute approximate surface area is 351 Å². The van der Waals surface area contributed by atoms with E-state index in [-0.39, 0.29) is 31.1 Å². The van der Waals surface area contributed by atoms with Crippen molar-refractivity contribution >= 4 is 68.8 Å². The summed E-state index contributed by atoms with van der Waals surface area (Å²) in [5, 5.41) is 15.3. The van der Waals surface area contributed by atoms with Crippen molar-refractivity contribution < 1.29 is 9.59 Å². The Balaban J connectivity index is 0.000000161. The Bertz CT molecular complexity index is 2610. The van der Waals surface area contributed by atoms with Gasteiger partial charge in [-0.1, -0.05) is 49.9 Å². The van der Waals surface area contributed by atoms with E-state index in [4.69, 9.17) is 9.97 Å². The number of nitrogens with zero attached hydrogens (tertiary/aromatic N) is 5. The molecule has 6 aromatic heterocycles. The highest BCUT2D eigenvalue weighted by molar-refractivity contribution is 7.10. The lowest BCUT2D eigenvalue weighted by molar-refractivity contribution is -0.118. The second kappa shape index (κ2) is 16.5. The number of thiazole rings is 1. The molecule has 0 saturated heterocycles. The second-order valence-electron chi connectivity index (χ2n) is 15.1. The van der Waals surface area contributed by atoms with Gasteiger partial charge in [0.15, 0.2) is 0 Å². The Kier molecular flexibility index (Phi) is 11.1. The maximum atomic E-state index is 13.0. The van der Waals surface area contributed by atoms with Crippen molar-refractivity contribution in [3.63, 3.8) is 0 Å². The monoisotopic (exact) mass is 821 g/mol. The van der Waals surface area contributed by atoms with Crippen LogP contribution in [0.1, 0.15) is 73.8 Å². The molecule has 2 amide bonds. The lowest BCUT2D eigenvalue weighted by atomic mass is 9.90. The van der Waals surface area contributed by atoms with Crippen LogP contribution in [0.4, 0.5) is 23.0 Å². The van der Waals surface area contributed by atoms with Crippen LogP contribution in [0.5, 0.6) is 0 Å². The molecule has 0 spiro atoms. The first kappa shape index (κ1) is 39.5. The molecule has 11 nitrogen and oxygen atoms in total. The molecule has 0 bridgehead atoms. The summed E-state index contributed by atoms with van der Waals surface area (Å²) in [6, 6.07) is 24.7. The number of benzene rings is 2. The molecule has 4 N–H and O–H groups in total. The molecule has 13 heteroatoms. The number of hydrogen-bond acceptors (Lipinski definition) is 9. The minimum absolute atomic E-state index is 0. The predicted molar refractivity (Wildman–Crippen MR) is 240 cm³/mol. The van der Waals surface area contributed by atoms with E-state index < -0.39 is 0 Å². The topological polar surface area (TPSA) is 130 Å². The Hall–Kier alpha value is -6.31. The van der Waals surface area contributed by atoms with E-state index in [2.05, 4.69) is 98.7 Å². The molecule has 2 aliphatic rings. The summed E-state index contributed by atoms with van der Waals surface area (Å²) in [4.78, 5) is 42.2. The third-order valence-electron chi connectivity index (χ3n) is 10.7. The molecule has 0 radical (unpaired) electrons. The van der Waals surface area contributed by atoms with Gasteiger partial charge in [0.2, 0.25) is 11.8 Å². The summed E-state index contributed by atoms with van der Waals surface area (Å²) in [6.45, 7) is 9.53. The third-order valence-corrected chi connectivity index (χ3v) is 12.4. The number of aromatic nitrogens is 5. The van der Waals surface area contributed by atoms with Crippen molar-refractivity contribution in [2.45, 2.75) is 72.9 Å². The SMILES string of the molecule is C.Cc1ccc2c(c1)NC(=O)C(c1nc3ccc(C)cn3c1NCc1cccs1)C2.Cc1ccc2c(c1)NC(=O)C(c1nc3ccc(C)cn3c1NCc1cncs1)C2. The van der Waals surface area contributed by atoms with E-state index in [1.54, 1.807) is 22.7 Å². The summed E-state index contributed by atoms with van der Waals surface area (Å²) in [6.07, 6.45) is 7.27. The zero-order chi connectivity index (χ0) is 39.9. The van der Waals surface area contributed by atoms with Gasteiger partial charge in [-0.25, -0.2) is 9.97 Å². The van der Waals surface area contributed by atoms with Crippen molar-refractivity contribution in [3.8, 4) is 0 Å². The van der Waals surface area contributed by atoms with Crippen molar-refractivity contribution in [2.75, 3.05) is 21.3 Å². The van der Waals surface area contributed by atoms with Gasteiger partial charge in [0.1, 0.15) is 22.9 Å². The number of amides is 2. The van der Waals surface area contributed by atoms with Crippen LogP contribution in [0, 0.1) is 27.7 Å². The van der Waals surface area contributed by atoms with E-state index >= 15 is 0 Å². The van der Waals surface area contributed by atoms with Gasteiger partial charge in [-0.05, 0) is 110 Å². The number of carbonyl (C=O) groups is 2. The third kappa shape index (κ3) is 8.08. The molecular weight excluding hydrogens is 775 g/mol. The lowest BCUT2D eigenvalue weighted by Crippen LogP contribution is -2.29. The first-order valence-electron chi connectivity index (χ1n) is 19.3. The van der Waals surface area contributed by atoms with Crippen LogP contribution in [0.25, 0.3) is 11.3 Å². The smallest absolute Gasteiger partial charge is 0.234 e. The highest BCUT2D eigenvalue weighted by Gasteiger charge is 2.34. The van der Waals surface area contributed by atoms with Crippen molar-refractivity contribution in [2.24, 2.45) is 0 Å². The van der Waals surface area contributed by atoms with Crippen molar-refractivity contribution in [1.82, 2.24) is 23.8 Å². The number of aryl methyl sites for hydroxylation is 4. The molecule has 8 aromatic rings. The Morgan fingerprint density at radius 3 is 1.64 bits per heavy atom. The van der Waals surface area contributed by atoms with Crippen LogP contribution >= 0.6 is 22.7 Å². The van der Waals surface area contributed by atoms with Gasteiger partial charge in [0.25, 0.3) is 0 Å². The van der Waals surface area contributed by atoms with Crippen LogP contribution in [0.2, 0.25) is 0 Å². The lowest BCUT2D eigenvalue weighted by Gasteiger charge is -2.24. The summed E-state index contributed by atoms with van der Waals surface area (Å²) in [5.74, 6) is 1.10. The van der Waals surface area contributed by atoms with Gasteiger partial charge in [0.05, 0.1) is 41.8 Å². The quantitative estimate of drug-likeness (QED) is 0.120. The van der Waals surface area contributed by atoms with Crippen LogP contribution < -0.4 is 21.3 Å². The first-order chi connectivity index (χ1) is 28.2. The number of nitrogens with one attached hydrogen (secondary N) is 4. The molecule has 0 saturated carbocycles. The van der Waals surface area contributed by atoms with Gasteiger partial charge in [-0.15, -0.1) is 22.7 Å². The van der Waals surface area contributed by atoms with E-state index in [0.29, 0.717) is 25.9 Å². The number of rotatable bonds is 8. The van der Waals surface area contributed by atoms with E-state index in [9.17, 15) is 9.59 Å². The zero-order valence-corrected chi connectivity index (χ0v) is 34.3. The van der Waals surface area contributed by atoms with Crippen LogP contribution in [-0.4, -0.2) is 35.6 Å². The maximum Gasteiger partial charge on any atom is 0.234 e. The molecule has 2 aromatic carbocycles. The van der Waals surface area contributed by atoms with Crippen LogP contribution in [0.15, 0.2) is 102 Å². The van der Waals surface area contributed by atoms with Gasteiger partial charge in [0, 0.05) is 39.7 Å². The molecule has 10 rings (SSSR count). The van der Waals surface area contributed by atoms with Crippen LogP contribution in [-0.2, 0) is 35.5 Å². The largest absolute Gasteiger partial charge is 0.365 e. The van der Waals surface area contributed by atoms with E-state index in [1.807, 2.05) is 66.4 Å². The average Bonchev–Trinajstić information content (AvgIpc) is 4.03. The second-order valence-corrected chi connectivity index (χ2v) is 17.1. The van der Waals surface area contributed by atoms with E-state index in [0.717, 1.165) is 84.0 Å². The Morgan fingerprint density at radius 2 is 1.17 bits per heavy atom. The molecule has 300 valence electrons. The number of anilines is 4. The van der Waals surface area contributed by atoms with Gasteiger partial charge in [-0.2, -0.15) is 0 Å². The maximum absolute atomic E-state index is 13.0. The van der Waals surface area contributed by atoms with Gasteiger partial charge >= 0.3 is 0 Å². The molecular formula is C46H47N9O2S2. The van der Waals surface area contributed by atoms with Crippen molar-refractivity contribution in [3.05, 3.63) is 157 Å². The predicted octanol–water partition coefficient (Wildman–Crippen LogP) is 9.84. The molecule has 2 atom stereocenters. The number of imidazole rings is 2. The molecule has 0 fully saturated rings. The number of pyridine rings is 2. The number of fused-ring (bicyclic) bond motifs is 4. The highest BCUT2D eigenvalue weighted by atomic mass is 32.1. The summed E-state index contributed by atoms with van der Waals surface area (Å²) < 4.78 is 4.11. The van der Waals surface area contributed by atoms with Gasteiger partial charge < -0.3 is 21.3 Å². The molecule has 2 unspecified atom stereocenters. The number of carbonyl (C=O) groups excluding carboxylic acids is 2. The van der Waals surface area contributed by atoms with E-state index in [1.165, 1.54) is 4.88 Å². The normalized spacial score (nSPS) is 15.7. The Morgan fingerprint density at radius 1 is 0.661 bits per heavy atom. The standard InChI is InChI=1S/C23H22N4OS.C22H21N5OS.CH4/c1-14-5-7-16-11-18(23(28)25-19(16)10-14)21-22(24-12-17-4-3-9-29-17)27-13-15(2)6-8-20(27)26-21;1-13-3-5-15-8-17(22(28)25-18(15)7-13)20-21(24-10-16-9-23-12-29-16)27-11-14(2)4-6-19(27)26-20;/h3-10,13,18,24H,11-12H2,1-2H3,(H,25,28);3-7,9,11-12,17,24H,8,10H2,1-2H3,(H,25,28);1H4. The fourth-order valence-electron chi connectivity index (χ4n) is 7.74. The summed E-state index contributed by atoms with van der Waals surface area (Å²) >= 11 is 3.32. The summed E-state index contributed by atoms with van der Waals surface area (Å²) in [7, 11) is 0. The minimum atomic E-state index is -0.339. The first-order valence-corrected chi connectivity index (χ1v) is 21.1. The average molecular weight is 822 g/mol.